The standard InChI is InChI=1S/C20H23N5O2/c1-11-8-14-17(12(2)27-11)23-24(3)18(14)20(26)25-9-13(10-25)19-21-15-6-4-5-7-16(15)22-19/h4-7,11-13H,8-10H2,1-3H3,(H,21,22)/t11-,12+/m1/s1. The molecular formula is C20H23N5O2. The Kier molecular flexibility index (Phi) is 3.62. The van der Waals surface area contributed by atoms with Gasteiger partial charge in [0, 0.05) is 32.1 Å². The molecule has 1 aromatic carbocycles. The number of imidazole rings is 1. The fraction of sp³-hybridized carbons (Fsp3) is 0.450. The summed E-state index contributed by atoms with van der Waals surface area (Å²) in [5.74, 6) is 1.27. The van der Waals surface area contributed by atoms with Crippen molar-refractivity contribution in [3.05, 3.63) is 47.0 Å². The van der Waals surface area contributed by atoms with Gasteiger partial charge in [0.25, 0.3) is 5.91 Å². The van der Waals surface area contributed by atoms with Gasteiger partial charge in [-0.1, -0.05) is 12.1 Å². The third kappa shape index (κ3) is 2.56. The molecule has 2 aliphatic rings. The number of nitrogens with one attached hydrogen (secondary N) is 1. The lowest BCUT2D eigenvalue weighted by Gasteiger charge is -2.38. The van der Waals surface area contributed by atoms with Crippen molar-refractivity contribution in [1.29, 1.82) is 0 Å². The van der Waals surface area contributed by atoms with Crippen LogP contribution in [0.15, 0.2) is 24.3 Å². The zero-order chi connectivity index (χ0) is 18.7. The van der Waals surface area contributed by atoms with Crippen LogP contribution in [0.4, 0.5) is 0 Å². The number of ether oxygens (including phenoxy) is 1. The normalized spacial score (nSPS) is 22.7. The van der Waals surface area contributed by atoms with Gasteiger partial charge < -0.3 is 14.6 Å². The molecule has 4 heterocycles. The van der Waals surface area contributed by atoms with Gasteiger partial charge in [-0.05, 0) is 26.0 Å². The fourth-order valence-electron chi connectivity index (χ4n) is 4.27. The van der Waals surface area contributed by atoms with Crippen LogP contribution in [0.1, 0.15) is 53.4 Å². The number of aromatic amines is 1. The number of nitrogens with zero attached hydrogens (tertiary/aromatic N) is 4. The SMILES string of the molecule is C[C@@H]1Cc2c(nn(C)c2C(=O)N2CC(c3nc4ccccc4[nH]3)C2)[C@H](C)O1. The number of amides is 1. The van der Waals surface area contributed by atoms with Gasteiger partial charge in [0.1, 0.15) is 11.5 Å². The molecule has 2 atom stereocenters. The largest absolute Gasteiger partial charge is 0.369 e. The quantitative estimate of drug-likeness (QED) is 0.757. The number of H-pyrrole nitrogens is 1. The maximum atomic E-state index is 13.1. The van der Waals surface area contributed by atoms with Crippen LogP contribution in [0.25, 0.3) is 11.0 Å². The second-order valence-electron chi connectivity index (χ2n) is 7.68. The van der Waals surface area contributed by atoms with Crippen molar-refractivity contribution >= 4 is 16.9 Å². The van der Waals surface area contributed by atoms with Crippen LogP contribution in [0.2, 0.25) is 0 Å². The molecule has 5 rings (SSSR count). The Balaban J connectivity index is 1.36. The minimum atomic E-state index is -0.0730. The highest BCUT2D eigenvalue weighted by Crippen LogP contribution is 2.34. The van der Waals surface area contributed by atoms with Crippen LogP contribution in [0, 0.1) is 0 Å². The monoisotopic (exact) mass is 365 g/mol. The van der Waals surface area contributed by atoms with E-state index in [0.717, 1.165) is 34.5 Å². The second kappa shape index (κ2) is 5.92. The summed E-state index contributed by atoms with van der Waals surface area (Å²) in [6, 6.07) is 8.02. The van der Waals surface area contributed by atoms with Crippen molar-refractivity contribution in [2.45, 2.75) is 38.4 Å². The Morgan fingerprint density at radius 2 is 2.04 bits per heavy atom. The third-order valence-corrected chi connectivity index (χ3v) is 5.66. The molecule has 0 aliphatic carbocycles. The number of rotatable bonds is 2. The summed E-state index contributed by atoms with van der Waals surface area (Å²) in [6.07, 6.45) is 0.759. The van der Waals surface area contributed by atoms with E-state index in [9.17, 15) is 4.79 Å². The van der Waals surface area contributed by atoms with E-state index in [4.69, 9.17) is 4.74 Å². The molecule has 7 heteroatoms. The summed E-state index contributed by atoms with van der Waals surface area (Å²) in [7, 11) is 1.85. The van der Waals surface area contributed by atoms with Gasteiger partial charge in [-0.3, -0.25) is 9.48 Å². The molecule has 3 aromatic rings. The van der Waals surface area contributed by atoms with Gasteiger partial charge in [-0.15, -0.1) is 0 Å². The summed E-state index contributed by atoms with van der Waals surface area (Å²) >= 11 is 0. The van der Waals surface area contributed by atoms with Crippen LogP contribution < -0.4 is 0 Å². The lowest BCUT2D eigenvalue weighted by atomic mass is 9.96. The first-order chi connectivity index (χ1) is 13.0. The van der Waals surface area contributed by atoms with Crippen LogP contribution in [-0.4, -0.2) is 49.7 Å². The van der Waals surface area contributed by atoms with Crippen molar-refractivity contribution in [3.63, 3.8) is 0 Å². The number of hydrogen-bond acceptors (Lipinski definition) is 4. The Morgan fingerprint density at radius 1 is 1.26 bits per heavy atom. The summed E-state index contributed by atoms with van der Waals surface area (Å²) in [5.41, 5.74) is 4.66. The average molecular weight is 365 g/mol. The second-order valence-corrected chi connectivity index (χ2v) is 7.68. The predicted molar refractivity (Wildman–Crippen MR) is 101 cm³/mol. The molecule has 1 N–H and O–H groups in total. The Labute approximate surface area is 157 Å². The number of benzene rings is 1. The first kappa shape index (κ1) is 16.5. The molecule has 2 aromatic heterocycles. The van der Waals surface area contributed by atoms with Gasteiger partial charge >= 0.3 is 0 Å². The van der Waals surface area contributed by atoms with Gasteiger partial charge in [0.05, 0.1) is 34.9 Å². The van der Waals surface area contributed by atoms with Gasteiger partial charge in [-0.2, -0.15) is 5.10 Å². The summed E-state index contributed by atoms with van der Waals surface area (Å²) in [6.45, 7) is 5.40. The Hall–Kier alpha value is -2.67. The molecule has 1 fully saturated rings. The van der Waals surface area contributed by atoms with Crippen molar-refractivity contribution in [1.82, 2.24) is 24.6 Å². The Bertz CT molecular complexity index is 997. The van der Waals surface area contributed by atoms with Crippen LogP contribution in [0.3, 0.4) is 0 Å². The van der Waals surface area contributed by atoms with Crippen molar-refractivity contribution < 1.29 is 9.53 Å². The molecule has 1 amide bonds. The smallest absolute Gasteiger partial charge is 0.272 e. The average Bonchev–Trinajstić information content (AvgIpc) is 3.14. The highest BCUT2D eigenvalue weighted by Gasteiger charge is 2.38. The number of carbonyl (C=O) groups is 1. The lowest BCUT2D eigenvalue weighted by molar-refractivity contribution is -0.00717. The zero-order valence-electron chi connectivity index (χ0n) is 15.8. The molecule has 0 radical (unpaired) electrons. The van der Waals surface area contributed by atoms with E-state index in [1.807, 2.05) is 50.1 Å². The van der Waals surface area contributed by atoms with E-state index in [2.05, 4.69) is 15.1 Å². The number of carbonyl (C=O) groups excluding carboxylic acids is 1. The van der Waals surface area contributed by atoms with Crippen LogP contribution in [0.5, 0.6) is 0 Å². The van der Waals surface area contributed by atoms with E-state index in [-0.39, 0.29) is 24.0 Å². The molecule has 1 saturated heterocycles. The maximum absolute atomic E-state index is 13.1. The molecule has 2 aliphatic heterocycles. The Morgan fingerprint density at radius 3 is 2.81 bits per heavy atom. The van der Waals surface area contributed by atoms with Gasteiger partial charge in [0.2, 0.25) is 0 Å². The van der Waals surface area contributed by atoms with E-state index < -0.39 is 0 Å². The fourth-order valence-corrected chi connectivity index (χ4v) is 4.27. The first-order valence-electron chi connectivity index (χ1n) is 9.46. The minimum absolute atomic E-state index is 0.0555. The summed E-state index contributed by atoms with van der Waals surface area (Å²) in [5, 5.41) is 4.56. The topological polar surface area (TPSA) is 76.0 Å². The van der Waals surface area contributed by atoms with E-state index in [1.54, 1.807) is 4.68 Å². The molecule has 140 valence electrons. The van der Waals surface area contributed by atoms with Crippen molar-refractivity contribution in [2.24, 2.45) is 7.05 Å². The first-order valence-corrected chi connectivity index (χ1v) is 9.46. The highest BCUT2D eigenvalue weighted by atomic mass is 16.5. The number of para-hydroxylation sites is 2. The molecule has 0 unspecified atom stereocenters. The predicted octanol–water partition coefficient (Wildman–Crippen LogP) is 2.56. The number of hydrogen-bond donors (Lipinski definition) is 1. The van der Waals surface area contributed by atoms with Gasteiger partial charge in [0.15, 0.2) is 0 Å². The third-order valence-electron chi connectivity index (χ3n) is 5.66. The highest BCUT2D eigenvalue weighted by molar-refractivity contribution is 5.95. The molecular weight excluding hydrogens is 342 g/mol. The van der Waals surface area contributed by atoms with Crippen molar-refractivity contribution in [2.75, 3.05) is 13.1 Å². The van der Waals surface area contributed by atoms with Crippen molar-refractivity contribution in [3.8, 4) is 0 Å². The molecule has 0 saturated carbocycles. The van der Waals surface area contributed by atoms with Gasteiger partial charge in [-0.25, -0.2) is 4.98 Å². The van der Waals surface area contributed by atoms with Crippen LogP contribution >= 0.6 is 0 Å². The molecule has 0 spiro atoms. The molecule has 27 heavy (non-hydrogen) atoms. The number of aromatic nitrogens is 4. The number of aryl methyl sites for hydroxylation is 1. The lowest BCUT2D eigenvalue weighted by Crippen LogP contribution is -2.49. The minimum Gasteiger partial charge on any atom is -0.369 e. The van der Waals surface area contributed by atoms with E-state index in [1.165, 1.54) is 0 Å². The van der Waals surface area contributed by atoms with E-state index >= 15 is 0 Å². The number of fused-ring (bicyclic) bond motifs is 2. The maximum Gasteiger partial charge on any atom is 0.272 e. The number of likely N-dealkylation sites (tertiary alicyclic amines) is 1. The zero-order valence-corrected chi connectivity index (χ0v) is 15.8. The molecule has 7 nitrogen and oxygen atoms in total. The molecule has 0 bridgehead atoms. The van der Waals surface area contributed by atoms with E-state index in [0.29, 0.717) is 18.8 Å². The summed E-state index contributed by atoms with van der Waals surface area (Å²) in [4.78, 5) is 23.1. The summed E-state index contributed by atoms with van der Waals surface area (Å²) < 4.78 is 7.57. The van der Waals surface area contributed by atoms with Crippen LogP contribution in [-0.2, 0) is 18.2 Å².